The van der Waals surface area contributed by atoms with Crippen molar-refractivity contribution in [2.45, 2.75) is 31.6 Å². The van der Waals surface area contributed by atoms with Crippen molar-refractivity contribution in [3.8, 4) is 22.8 Å². The fourth-order valence-corrected chi connectivity index (χ4v) is 4.57. The number of aromatic amines is 1. The Kier molecular flexibility index (Phi) is 4.90. The number of benzene rings is 2. The van der Waals surface area contributed by atoms with Crippen molar-refractivity contribution in [1.29, 1.82) is 0 Å². The number of ether oxygens (including phenoxy) is 2. The highest BCUT2D eigenvalue weighted by atomic mass is 32.2. The minimum Gasteiger partial charge on any atom is -0.454 e. The number of carbonyl (C=O) groups excluding carboxylic acids is 1. The minimum atomic E-state index is -0.634. The Labute approximate surface area is 182 Å². The summed E-state index contributed by atoms with van der Waals surface area (Å²) in [5.41, 5.74) is 2.30. The lowest BCUT2D eigenvalue weighted by Crippen LogP contribution is -2.60. The van der Waals surface area contributed by atoms with Crippen molar-refractivity contribution < 1.29 is 19.0 Å². The molecule has 158 valence electrons. The van der Waals surface area contributed by atoms with E-state index in [1.165, 1.54) is 11.8 Å². The zero-order valence-electron chi connectivity index (χ0n) is 17.1. The number of H-pyrrole nitrogens is 1. The molecule has 1 N–H and O–H groups in total. The first-order valence-electron chi connectivity index (χ1n) is 10.1. The third-order valence-corrected chi connectivity index (χ3v) is 6.05. The van der Waals surface area contributed by atoms with Gasteiger partial charge in [-0.2, -0.15) is 0 Å². The summed E-state index contributed by atoms with van der Waals surface area (Å²) in [5, 5.41) is 5.24. The van der Waals surface area contributed by atoms with Gasteiger partial charge in [0.05, 0.1) is 11.3 Å². The van der Waals surface area contributed by atoms with Crippen LogP contribution in [0.25, 0.3) is 11.3 Å². The monoisotopic (exact) mass is 437 g/mol. The van der Waals surface area contributed by atoms with Gasteiger partial charge in [0, 0.05) is 17.1 Å². The van der Waals surface area contributed by atoms with Crippen molar-refractivity contribution in [2.24, 2.45) is 0 Å². The number of fused-ring (bicyclic) bond motifs is 4. The Hall–Kier alpha value is -3.33. The summed E-state index contributed by atoms with van der Waals surface area (Å²) in [6.45, 7) is 3.97. The molecule has 0 saturated carbocycles. The first kappa shape index (κ1) is 19.6. The Morgan fingerprint density at radius 2 is 2.03 bits per heavy atom. The van der Waals surface area contributed by atoms with E-state index in [9.17, 15) is 9.59 Å². The summed E-state index contributed by atoms with van der Waals surface area (Å²) >= 11 is 1.44. The number of hydrogen-bond donors (Lipinski definition) is 1. The topological polar surface area (TPSA) is 88.4 Å². The third-order valence-electron chi connectivity index (χ3n) is 5.31. The molecule has 0 unspecified atom stereocenters. The molecule has 2 aliphatic heterocycles. The lowest BCUT2D eigenvalue weighted by molar-refractivity contribution is -0.763. The Morgan fingerprint density at radius 3 is 2.84 bits per heavy atom. The van der Waals surface area contributed by atoms with Gasteiger partial charge in [0.2, 0.25) is 17.9 Å². The van der Waals surface area contributed by atoms with E-state index in [2.05, 4.69) is 4.98 Å². The minimum absolute atomic E-state index is 0.0694. The molecule has 2 aliphatic rings. The molecule has 31 heavy (non-hydrogen) atoms. The van der Waals surface area contributed by atoms with E-state index in [0.717, 1.165) is 11.3 Å². The van der Waals surface area contributed by atoms with Gasteiger partial charge in [-0.15, -0.1) is 0 Å². The van der Waals surface area contributed by atoms with Gasteiger partial charge in [-0.25, -0.2) is 4.90 Å². The van der Waals surface area contributed by atoms with E-state index in [0.29, 0.717) is 40.0 Å². The lowest BCUT2D eigenvalue weighted by Gasteiger charge is -2.32. The van der Waals surface area contributed by atoms with Crippen LogP contribution in [0.1, 0.15) is 32.0 Å². The standard InChI is InChI=1S/C22H20N4O4S/c1-3-18(27)25-15-8-6-5-7-14(15)19-20(28)23-22(31-4-2)24-26(19)21(25)13-9-10-16-17(11-13)30-12-29-16/h5-11,21H,3-4,12H2,1-2H3/p+1/t21-/m0/s1. The maximum absolute atomic E-state index is 13.2. The van der Waals surface area contributed by atoms with Crippen LogP contribution in [-0.4, -0.2) is 28.5 Å². The van der Waals surface area contributed by atoms with Gasteiger partial charge in [-0.1, -0.05) is 37.7 Å². The molecule has 0 saturated heterocycles. The van der Waals surface area contributed by atoms with Crippen molar-refractivity contribution in [3.05, 3.63) is 58.4 Å². The molecule has 2 aromatic carbocycles. The van der Waals surface area contributed by atoms with Gasteiger partial charge in [-0.3, -0.25) is 14.6 Å². The van der Waals surface area contributed by atoms with E-state index >= 15 is 0 Å². The van der Waals surface area contributed by atoms with E-state index in [4.69, 9.17) is 14.6 Å². The molecule has 0 bridgehead atoms. The van der Waals surface area contributed by atoms with Crippen molar-refractivity contribution in [3.63, 3.8) is 0 Å². The molecule has 0 radical (unpaired) electrons. The number of carbonyl (C=O) groups is 1. The molecule has 8 nitrogen and oxygen atoms in total. The Balaban J connectivity index is 1.81. The highest BCUT2D eigenvalue weighted by molar-refractivity contribution is 7.99. The number of para-hydroxylation sites is 1. The van der Waals surface area contributed by atoms with E-state index in [1.807, 2.05) is 56.3 Å². The van der Waals surface area contributed by atoms with Crippen LogP contribution in [-0.2, 0) is 4.79 Å². The summed E-state index contributed by atoms with van der Waals surface area (Å²) in [6.07, 6.45) is -0.323. The number of thioether (sulfide) groups is 1. The smallest absolute Gasteiger partial charge is 0.325 e. The van der Waals surface area contributed by atoms with Gasteiger partial charge in [0.15, 0.2) is 11.5 Å². The van der Waals surface area contributed by atoms with Crippen LogP contribution in [0.2, 0.25) is 0 Å². The molecule has 9 heteroatoms. The molecule has 3 aromatic rings. The fraction of sp³-hybridized carbons (Fsp3) is 0.273. The van der Waals surface area contributed by atoms with Gasteiger partial charge in [0.25, 0.3) is 6.17 Å². The summed E-state index contributed by atoms with van der Waals surface area (Å²) in [4.78, 5) is 30.9. The third kappa shape index (κ3) is 3.16. The predicted octanol–water partition coefficient (Wildman–Crippen LogP) is 2.87. The highest BCUT2D eigenvalue weighted by Gasteiger charge is 2.45. The molecular weight excluding hydrogens is 416 g/mol. The number of rotatable bonds is 4. The summed E-state index contributed by atoms with van der Waals surface area (Å²) < 4.78 is 12.7. The molecule has 3 heterocycles. The van der Waals surface area contributed by atoms with Crippen LogP contribution in [0.4, 0.5) is 5.69 Å². The number of nitrogens with one attached hydrogen (secondary N) is 1. The van der Waals surface area contributed by atoms with Crippen LogP contribution in [0.5, 0.6) is 11.5 Å². The molecular formula is C22H21N4O4S+. The molecule has 0 aliphatic carbocycles. The molecule has 1 amide bonds. The maximum Gasteiger partial charge on any atom is 0.325 e. The van der Waals surface area contributed by atoms with Gasteiger partial charge in [-0.05, 0) is 40.8 Å². The van der Waals surface area contributed by atoms with Crippen molar-refractivity contribution >= 4 is 23.4 Å². The van der Waals surface area contributed by atoms with Crippen LogP contribution >= 0.6 is 11.8 Å². The van der Waals surface area contributed by atoms with Crippen molar-refractivity contribution in [1.82, 2.24) is 10.1 Å². The molecule has 1 atom stereocenters. The number of nitrogens with zero attached hydrogens (tertiary/aromatic N) is 3. The number of anilines is 1. The zero-order valence-corrected chi connectivity index (χ0v) is 17.9. The predicted molar refractivity (Wildman–Crippen MR) is 115 cm³/mol. The second kappa shape index (κ2) is 7.73. The van der Waals surface area contributed by atoms with E-state index in [-0.39, 0.29) is 18.3 Å². The lowest BCUT2D eigenvalue weighted by atomic mass is 10.0. The van der Waals surface area contributed by atoms with E-state index in [1.54, 1.807) is 9.58 Å². The first-order chi connectivity index (χ1) is 15.1. The average Bonchev–Trinajstić information content (AvgIpc) is 3.25. The summed E-state index contributed by atoms with van der Waals surface area (Å²) in [6, 6.07) is 13.0. The summed E-state index contributed by atoms with van der Waals surface area (Å²) in [7, 11) is 0. The second-order valence-corrected chi connectivity index (χ2v) is 8.36. The van der Waals surface area contributed by atoms with Crippen LogP contribution in [0, 0.1) is 0 Å². The SMILES string of the molecule is CCSc1n[n+]2c(c(=O)[nH]1)-c1ccccc1N(C(=O)CC)[C@@H]2c1ccc2c(c1)OCO2. The summed E-state index contributed by atoms with van der Waals surface area (Å²) in [5.74, 6) is 1.95. The van der Waals surface area contributed by atoms with Gasteiger partial charge in [0.1, 0.15) is 0 Å². The van der Waals surface area contributed by atoms with Crippen LogP contribution in [0.3, 0.4) is 0 Å². The maximum atomic E-state index is 13.2. The number of hydrogen-bond acceptors (Lipinski definition) is 6. The highest BCUT2D eigenvalue weighted by Crippen LogP contribution is 2.40. The largest absolute Gasteiger partial charge is 0.454 e. The number of aromatic nitrogens is 3. The number of amides is 1. The quantitative estimate of drug-likeness (QED) is 0.499. The Bertz CT molecular complexity index is 1240. The van der Waals surface area contributed by atoms with Crippen LogP contribution in [0.15, 0.2) is 52.4 Å². The average molecular weight is 438 g/mol. The Morgan fingerprint density at radius 1 is 1.23 bits per heavy atom. The fourth-order valence-electron chi connectivity index (χ4n) is 3.99. The second-order valence-electron chi connectivity index (χ2n) is 7.11. The molecule has 1 aromatic heterocycles. The van der Waals surface area contributed by atoms with Crippen LogP contribution < -0.4 is 24.6 Å². The van der Waals surface area contributed by atoms with Gasteiger partial charge >= 0.3 is 11.3 Å². The van der Waals surface area contributed by atoms with Gasteiger partial charge < -0.3 is 9.47 Å². The van der Waals surface area contributed by atoms with Crippen molar-refractivity contribution in [2.75, 3.05) is 17.4 Å². The van der Waals surface area contributed by atoms with E-state index < -0.39 is 6.17 Å². The molecule has 5 rings (SSSR count). The molecule has 0 spiro atoms. The zero-order chi connectivity index (χ0) is 21.5. The first-order valence-corrected chi connectivity index (χ1v) is 11.1. The molecule has 0 fully saturated rings. The normalized spacial score (nSPS) is 16.1.